The molecule has 1 aliphatic heterocycles. The highest BCUT2D eigenvalue weighted by molar-refractivity contribution is 6.00. The van der Waals surface area contributed by atoms with E-state index in [0.717, 1.165) is 30.0 Å². The van der Waals surface area contributed by atoms with Gasteiger partial charge in [0.25, 0.3) is 0 Å². The predicted molar refractivity (Wildman–Crippen MR) is 101 cm³/mol. The van der Waals surface area contributed by atoms with E-state index in [1.54, 1.807) is 0 Å². The first-order valence-corrected chi connectivity index (χ1v) is 8.87. The van der Waals surface area contributed by atoms with Crippen molar-refractivity contribution in [1.82, 2.24) is 0 Å². The zero-order valence-electron chi connectivity index (χ0n) is 14.6. The number of carbonyl (C=O) groups excluding carboxylic acids is 2. The van der Waals surface area contributed by atoms with Crippen molar-refractivity contribution in [2.75, 3.05) is 23.3 Å². The highest BCUT2D eigenvalue weighted by Gasteiger charge is 2.14. The van der Waals surface area contributed by atoms with Crippen LogP contribution in [0.5, 0.6) is 0 Å². The molecular weight excluding hydrogens is 312 g/mol. The third-order valence-corrected chi connectivity index (χ3v) is 4.63. The minimum Gasteiger partial charge on any atom is -0.371 e. The van der Waals surface area contributed by atoms with Gasteiger partial charge in [0, 0.05) is 42.9 Å². The van der Waals surface area contributed by atoms with E-state index >= 15 is 0 Å². The second-order valence-corrected chi connectivity index (χ2v) is 6.53. The van der Waals surface area contributed by atoms with Crippen molar-refractivity contribution in [3.05, 3.63) is 59.7 Å². The summed E-state index contributed by atoms with van der Waals surface area (Å²) in [5.41, 5.74) is 3.58. The van der Waals surface area contributed by atoms with Crippen molar-refractivity contribution in [1.29, 1.82) is 0 Å². The fourth-order valence-electron chi connectivity index (χ4n) is 3.23. The number of hydrogen-bond donors (Lipinski definition) is 1. The lowest BCUT2D eigenvalue weighted by atomic mass is 10.0. The summed E-state index contributed by atoms with van der Waals surface area (Å²) < 4.78 is 0. The van der Waals surface area contributed by atoms with Crippen LogP contribution in [0.25, 0.3) is 0 Å². The van der Waals surface area contributed by atoms with Gasteiger partial charge in [0.05, 0.1) is 0 Å². The molecule has 1 fully saturated rings. The van der Waals surface area contributed by atoms with Crippen molar-refractivity contribution in [2.24, 2.45) is 0 Å². The minimum absolute atomic E-state index is 0.0130. The van der Waals surface area contributed by atoms with Crippen molar-refractivity contribution in [2.45, 2.75) is 32.6 Å². The summed E-state index contributed by atoms with van der Waals surface area (Å²) >= 11 is 0. The Balaban J connectivity index is 1.55. The van der Waals surface area contributed by atoms with Crippen LogP contribution in [0.1, 0.15) is 41.6 Å². The lowest BCUT2D eigenvalue weighted by Crippen LogP contribution is -2.18. The zero-order valence-corrected chi connectivity index (χ0v) is 14.6. The number of aryl methyl sites for hydroxylation is 1. The number of carbonyl (C=O) groups is 2. The normalized spacial score (nSPS) is 13.7. The number of ketones is 1. The molecule has 4 heteroatoms. The van der Waals surface area contributed by atoms with Crippen LogP contribution in [-0.2, 0) is 4.79 Å². The Hall–Kier alpha value is -2.62. The summed E-state index contributed by atoms with van der Waals surface area (Å²) in [5, 5.41) is 2.91. The zero-order chi connectivity index (χ0) is 17.6. The van der Waals surface area contributed by atoms with Gasteiger partial charge < -0.3 is 10.2 Å². The van der Waals surface area contributed by atoms with Gasteiger partial charge >= 0.3 is 0 Å². The van der Waals surface area contributed by atoms with E-state index < -0.39 is 0 Å². The van der Waals surface area contributed by atoms with Gasteiger partial charge in [0.2, 0.25) is 5.91 Å². The van der Waals surface area contributed by atoms with Gasteiger partial charge in [0.15, 0.2) is 5.78 Å². The number of benzene rings is 2. The summed E-state index contributed by atoms with van der Waals surface area (Å²) in [6.07, 6.45) is 2.86. The van der Waals surface area contributed by atoms with Crippen molar-refractivity contribution in [3.63, 3.8) is 0 Å². The Morgan fingerprint density at radius 2 is 1.76 bits per heavy atom. The van der Waals surface area contributed by atoms with Crippen molar-refractivity contribution < 1.29 is 9.59 Å². The van der Waals surface area contributed by atoms with E-state index in [2.05, 4.69) is 16.3 Å². The van der Waals surface area contributed by atoms with E-state index in [9.17, 15) is 9.59 Å². The van der Waals surface area contributed by atoms with Crippen LogP contribution in [0.2, 0.25) is 0 Å². The van der Waals surface area contributed by atoms with E-state index in [1.165, 1.54) is 12.8 Å². The lowest BCUT2D eigenvalue weighted by molar-refractivity contribution is -0.116. The SMILES string of the molecule is Cc1ccccc1C(=O)CCC(=O)Nc1cccc(N2CCCC2)c1. The molecule has 1 N–H and O–H groups in total. The maximum atomic E-state index is 12.3. The third-order valence-electron chi connectivity index (χ3n) is 4.63. The molecule has 130 valence electrons. The first-order valence-electron chi connectivity index (χ1n) is 8.87. The number of nitrogens with one attached hydrogen (secondary N) is 1. The Kier molecular flexibility index (Phi) is 5.49. The minimum atomic E-state index is -0.125. The van der Waals surface area contributed by atoms with Gasteiger partial charge in [-0.15, -0.1) is 0 Å². The summed E-state index contributed by atoms with van der Waals surface area (Å²) in [4.78, 5) is 26.8. The number of nitrogens with zero attached hydrogens (tertiary/aromatic N) is 1. The maximum absolute atomic E-state index is 12.3. The molecule has 0 unspecified atom stereocenters. The number of Topliss-reactive ketones (excluding diaryl/α,β-unsaturated/α-hetero) is 1. The van der Waals surface area contributed by atoms with E-state index in [-0.39, 0.29) is 24.5 Å². The first kappa shape index (κ1) is 17.2. The fraction of sp³-hybridized carbons (Fsp3) is 0.333. The molecule has 1 saturated heterocycles. The average Bonchev–Trinajstić information content (AvgIpc) is 3.15. The topological polar surface area (TPSA) is 49.4 Å². The predicted octanol–water partition coefficient (Wildman–Crippen LogP) is 4.20. The highest BCUT2D eigenvalue weighted by Crippen LogP contribution is 2.23. The van der Waals surface area contributed by atoms with Crippen LogP contribution in [-0.4, -0.2) is 24.8 Å². The quantitative estimate of drug-likeness (QED) is 0.805. The van der Waals surface area contributed by atoms with Gasteiger partial charge in [-0.2, -0.15) is 0 Å². The number of rotatable bonds is 6. The fourth-order valence-corrected chi connectivity index (χ4v) is 3.23. The van der Waals surface area contributed by atoms with Gasteiger partial charge in [-0.3, -0.25) is 9.59 Å². The second kappa shape index (κ2) is 7.97. The molecular formula is C21H24N2O2. The second-order valence-electron chi connectivity index (χ2n) is 6.53. The van der Waals surface area contributed by atoms with Crippen LogP contribution in [0.4, 0.5) is 11.4 Å². The van der Waals surface area contributed by atoms with E-state index in [0.29, 0.717) is 5.56 Å². The molecule has 2 aromatic rings. The molecule has 25 heavy (non-hydrogen) atoms. The Morgan fingerprint density at radius 3 is 2.52 bits per heavy atom. The van der Waals surface area contributed by atoms with Crippen LogP contribution in [0, 0.1) is 6.92 Å². The molecule has 4 nitrogen and oxygen atoms in total. The molecule has 0 bridgehead atoms. The largest absolute Gasteiger partial charge is 0.371 e. The molecule has 0 radical (unpaired) electrons. The third kappa shape index (κ3) is 4.47. The van der Waals surface area contributed by atoms with Gasteiger partial charge in [-0.05, 0) is 43.5 Å². The molecule has 0 saturated carbocycles. The molecule has 1 aliphatic rings. The molecule has 1 amide bonds. The Bertz CT molecular complexity index is 764. The Labute approximate surface area is 148 Å². The Morgan fingerprint density at radius 1 is 1.00 bits per heavy atom. The van der Waals surface area contributed by atoms with Crippen LogP contribution >= 0.6 is 0 Å². The van der Waals surface area contributed by atoms with Crippen LogP contribution in [0.3, 0.4) is 0 Å². The molecule has 3 rings (SSSR count). The molecule has 0 atom stereocenters. The molecule has 0 spiro atoms. The number of amides is 1. The monoisotopic (exact) mass is 336 g/mol. The molecule has 0 aromatic heterocycles. The van der Waals surface area contributed by atoms with Crippen molar-refractivity contribution >= 4 is 23.1 Å². The number of hydrogen-bond acceptors (Lipinski definition) is 3. The number of anilines is 2. The standard InChI is InChI=1S/C21H24N2O2/c1-16-7-2-3-10-19(16)20(24)11-12-21(25)22-17-8-6-9-18(15-17)23-13-4-5-14-23/h2-3,6-10,15H,4-5,11-14H2,1H3,(H,22,25). The maximum Gasteiger partial charge on any atom is 0.224 e. The van der Waals surface area contributed by atoms with Crippen LogP contribution < -0.4 is 10.2 Å². The lowest BCUT2D eigenvalue weighted by Gasteiger charge is -2.18. The molecule has 2 aromatic carbocycles. The van der Waals surface area contributed by atoms with Crippen LogP contribution in [0.15, 0.2) is 48.5 Å². The first-order chi connectivity index (χ1) is 12.1. The summed E-state index contributed by atoms with van der Waals surface area (Å²) in [6, 6.07) is 15.4. The summed E-state index contributed by atoms with van der Waals surface area (Å²) in [7, 11) is 0. The van der Waals surface area contributed by atoms with E-state index in [1.807, 2.05) is 49.4 Å². The van der Waals surface area contributed by atoms with E-state index in [4.69, 9.17) is 0 Å². The van der Waals surface area contributed by atoms with Gasteiger partial charge in [-0.1, -0.05) is 30.3 Å². The molecule has 1 heterocycles. The average molecular weight is 336 g/mol. The highest BCUT2D eigenvalue weighted by atomic mass is 16.2. The van der Waals surface area contributed by atoms with Gasteiger partial charge in [-0.25, -0.2) is 0 Å². The molecule has 0 aliphatic carbocycles. The summed E-state index contributed by atoms with van der Waals surface area (Å²) in [5.74, 6) is -0.112. The van der Waals surface area contributed by atoms with Crippen molar-refractivity contribution in [3.8, 4) is 0 Å². The smallest absolute Gasteiger partial charge is 0.224 e. The summed E-state index contributed by atoms with van der Waals surface area (Å²) in [6.45, 7) is 4.06. The van der Waals surface area contributed by atoms with Gasteiger partial charge in [0.1, 0.15) is 0 Å².